The van der Waals surface area contributed by atoms with E-state index in [1.807, 2.05) is 18.1 Å². The van der Waals surface area contributed by atoms with E-state index in [-0.39, 0.29) is 11.9 Å². The highest BCUT2D eigenvalue weighted by Gasteiger charge is 2.27. The average Bonchev–Trinajstić information content (AvgIpc) is 3.05. The lowest BCUT2D eigenvalue weighted by molar-refractivity contribution is -0.132. The van der Waals surface area contributed by atoms with E-state index in [1.54, 1.807) is 11.8 Å². The summed E-state index contributed by atoms with van der Waals surface area (Å²) in [4.78, 5) is 13.9. The molecule has 0 aromatic carbocycles. The number of likely N-dealkylation sites (N-methyl/N-ethyl adjacent to an activating group) is 1. The first-order valence-electron chi connectivity index (χ1n) is 5.72. The second kappa shape index (κ2) is 6.38. The van der Waals surface area contributed by atoms with Crippen LogP contribution in [0.5, 0.6) is 0 Å². The van der Waals surface area contributed by atoms with Crippen molar-refractivity contribution in [3.8, 4) is 0 Å². The van der Waals surface area contributed by atoms with Crippen molar-refractivity contribution in [1.29, 1.82) is 0 Å². The maximum absolute atomic E-state index is 11.9. The highest BCUT2D eigenvalue weighted by molar-refractivity contribution is 7.98. The average molecular weight is 230 g/mol. The summed E-state index contributed by atoms with van der Waals surface area (Å²) in [5.41, 5.74) is 5.87. The lowest BCUT2D eigenvalue weighted by atomic mass is 10.2. The van der Waals surface area contributed by atoms with Gasteiger partial charge in [-0.05, 0) is 44.1 Å². The number of carbonyl (C=O) groups excluding carboxylic acids is 1. The fourth-order valence-corrected chi connectivity index (χ4v) is 2.08. The molecule has 0 aliphatic heterocycles. The summed E-state index contributed by atoms with van der Waals surface area (Å²) >= 11 is 1.74. The second-order valence-electron chi connectivity index (χ2n) is 4.21. The molecule has 0 aromatic rings. The number of hydrogen-bond donors (Lipinski definition) is 1. The van der Waals surface area contributed by atoms with Crippen LogP contribution in [0.4, 0.5) is 0 Å². The van der Waals surface area contributed by atoms with Crippen molar-refractivity contribution in [2.75, 3.05) is 25.1 Å². The standard InChI is InChI=1S/C11H22N2OS/c1-3-13(8-9-4-5-9)11(14)10(12)6-7-15-2/h9-10H,3-8,12H2,1-2H3/t10-/m1/s1. The van der Waals surface area contributed by atoms with Crippen molar-refractivity contribution in [3.05, 3.63) is 0 Å². The highest BCUT2D eigenvalue weighted by Crippen LogP contribution is 2.29. The van der Waals surface area contributed by atoms with Crippen molar-refractivity contribution in [1.82, 2.24) is 4.90 Å². The predicted molar refractivity (Wildman–Crippen MR) is 66.0 cm³/mol. The Kier molecular flexibility index (Phi) is 5.47. The van der Waals surface area contributed by atoms with Crippen LogP contribution in [-0.4, -0.2) is 41.9 Å². The van der Waals surface area contributed by atoms with E-state index >= 15 is 0 Å². The number of rotatable bonds is 7. The third-order valence-corrected chi connectivity index (χ3v) is 3.46. The van der Waals surface area contributed by atoms with Crippen molar-refractivity contribution < 1.29 is 4.79 Å². The minimum atomic E-state index is -0.295. The minimum Gasteiger partial charge on any atom is -0.341 e. The summed E-state index contributed by atoms with van der Waals surface area (Å²) in [5.74, 6) is 1.86. The molecular weight excluding hydrogens is 208 g/mol. The Morgan fingerprint density at radius 3 is 2.73 bits per heavy atom. The highest BCUT2D eigenvalue weighted by atomic mass is 32.2. The summed E-state index contributed by atoms with van der Waals surface area (Å²) in [5, 5.41) is 0. The van der Waals surface area contributed by atoms with Crippen molar-refractivity contribution >= 4 is 17.7 Å². The SMILES string of the molecule is CCN(CC1CC1)C(=O)[C@H](N)CCSC. The van der Waals surface area contributed by atoms with Gasteiger partial charge in [-0.15, -0.1) is 0 Å². The van der Waals surface area contributed by atoms with Crippen LogP contribution in [0.3, 0.4) is 0 Å². The van der Waals surface area contributed by atoms with E-state index in [0.717, 1.165) is 31.2 Å². The van der Waals surface area contributed by atoms with E-state index in [0.29, 0.717) is 0 Å². The Morgan fingerprint density at radius 2 is 2.27 bits per heavy atom. The molecule has 0 saturated heterocycles. The summed E-state index contributed by atoms with van der Waals surface area (Å²) in [6.07, 6.45) is 5.40. The van der Waals surface area contributed by atoms with Gasteiger partial charge in [0.15, 0.2) is 0 Å². The monoisotopic (exact) mass is 230 g/mol. The fraction of sp³-hybridized carbons (Fsp3) is 0.909. The van der Waals surface area contributed by atoms with Gasteiger partial charge in [0.05, 0.1) is 6.04 Å². The summed E-state index contributed by atoms with van der Waals surface area (Å²) < 4.78 is 0. The molecule has 0 aromatic heterocycles. The van der Waals surface area contributed by atoms with Crippen LogP contribution in [0, 0.1) is 5.92 Å². The smallest absolute Gasteiger partial charge is 0.239 e. The molecule has 0 radical (unpaired) electrons. The molecule has 4 heteroatoms. The van der Waals surface area contributed by atoms with Crippen LogP contribution in [0.1, 0.15) is 26.2 Å². The largest absolute Gasteiger partial charge is 0.341 e. The quantitative estimate of drug-likeness (QED) is 0.717. The molecule has 0 heterocycles. The van der Waals surface area contributed by atoms with E-state index < -0.39 is 0 Å². The molecule has 3 nitrogen and oxygen atoms in total. The first kappa shape index (κ1) is 12.8. The van der Waals surface area contributed by atoms with E-state index in [2.05, 4.69) is 0 Å². The summed E-state index contributed by atoms with van der Waals surface area (Å²) in [7, 11) is 0. The molecule has 1 aliphatic rings. The molecule has 1 atom stereocenters. The Bertz CT molecular complexity index is 207. The van der Waals surface area contributed by atoms with Crippen LogP contribution in [0.2, 0.25) is 0 Å². The van der Waals surface area contributed by atoms with Gasteiger partial charge >= 0.3 is 0 Å². The molecule has 0 unspecified atom stereocenters. The van der Waals surface area contributed by atoms with Crippen LogP contribution < -0.4 is 5.73 Å². The van der Waals surface area contributed by atoms with Gasteiger partial charge in [-0.1, -0.05) is 0 Å². The van der Waals surface area contributed by atoms with E-state index in [9.17, 15) is 4.79 Å². The molecule has 1 saturated carbocycles. The zero-order chi connectivity index (χ0) is 11.3. The molecule has 0 spiro atoms. The molecule has 0 bridgehead atoms. The number of nitrogens with zero attached hydrogens (tertiary/aromatic N) is 1. The minimum absolute atomic E-state index is 0.137. The van der Waals surface area contributed by atoms with Crippen LogP contribution in [-0.2, 0) is 4.79 Å². The normalized spacial score (nSPS) is 17.5. The Labute approximate surface area is 96.8 Å². The topological polar surface area (TPSA) is 46.3 Å². The zero-order valence-corrected chi connectivity index (χ0v) is 10.6. The van der Waals surface area contributed by atoms with Crippen molar-refractivity contribution in [2.45, 2.75) is 32.2 Å². The van der Waals surface area contributed by atoms with Crippen molar-refractivity contribution in [3.63, 3.8) is 0 Å². The molecule has 1 rings (SSSR count). The van der Waals surface area contributed by atoms with Crippen LogP contribution in [0.25, 0.3) is 0 Å². The predicted octanol–water partition coefficient (Wildman–Crippen LogP) is 1.33. The molecule has 1 fully saturated rings. The molecule has 88 valence electrons. The van der Waals surface area contributed by atoms with Gasteiger partial charge in [0, 0.05) is 13.1 Å². The Balaban J connectivity index is 2.32. The number of amides is 1. The summed E-state index contributed by atoms with van der Waals surface area (Å²) in [6.45, 7) is 3.74. The van der Waals surface area contributed by atoms with Gasteiger partial charge in [0.1, 0.15) is 0 Å². The first-order valence-corrected chi connectivity index (χ1v) is 7.11. The lowest BCUT2D eigenvalue weighted by Crippen LogP contribution is -2.44. The zero-order valence-electron chi connectivity index (χ0n) is 9.74. The second-order valence-corrected chi connectivity index (χ2v) is 5.19. The molecular formula is C11H22N2OS. The molecule has 1 amide bonds. The number of carbonyl (C=O) groups is 1. The van der Waals surface area contributed by atoms with Gasteiger partial charge < -0.3 is 10.6 Å². The van der Waals surface area contributed by atoms with Crippen molar-refractivity contribution in [2.24, 2.45) is 11.7 Å². The number of thioether (sulfide) groups is 1. The van der Waals surface area contributed by atoms with Crippen LogP contribution >= 0.6 is 11.8 Å². The Hall–Kier alpha value is -0.220. The number of hydrogen-bond acceptors (Lipinski definition) is 3. The lowest BCUT2D eigenvalue weighted by Gasteiger charge is -2.24. The summed E-state index contributed by atoms with van der Waals surface area (Å²) in [6, 6.07) is -0.295. The van der Waals surface area contributed by atoms with Gasteiger partial charge in [-0.3, -0.25) is 4.79 Å². The molecule has 1 aliphatic carbocycles. The fourth-order valence-electron chi connectivity index (χ4n) is 1.59. The molecule has 15 heavy (non-hydrogen) atoms. The van der Waals surface area contributed by atoms with Gasteiger partial charge in [0.2, 0.25) is 5.91 Å². The van der Waals surface area contributed by atoms with Gasteiger partial charge in [0.25, 0.3) is 0 Å². The molecule has 2 N–H and O–H groups in total. The third-order valence-electron chi connectivity index (χ3n) is 2.82. The van der Waals surface area contributed by atoms with E-state index in [1.165, 1.54) is 12.8 Å². The third kappa shape index (κ3) is 4.43. The van der Waals surface area contributed by atoms with Crippen LogP contribution in [0.15, 0.2) is 0 Å². The maximum atomic E-state index is 11.9. The van der Waals surface area contributed by atoms with E-state index in [4.69, 9.17) is 5.73 Å². The first-order chi connectivity index (χ1) is 7.19. The number of nitrogens with two attached hydrogens (primary N) is 1. The van der Waals surface area contributed by atoms with Gasteiger partial charge in [-0.25, -0.2) is 0 Å². The Morgan fingerprint density at radius 1 is 1.60 bits per heavy atom. The van der Waals surface area contributed by atoms with Gasteiger partial charge in [-0.2, -0.15) is 11.8 Å². The maximum Gasteiger partial charge on any atom is 0.239 e.